The Morgan fingerprint density at radius 2 is 1.59 bits per heavy atom. The van der Waals surface area contributed by atoms with Crippen LogP contribution in [0.3, 0.4) is 0 Å². The first-order valence-corrected chi connectivity index (χ1v) is 6.49. The molecule has 0 bridgehead atoms. The zero-order valence-corrected chi connectivity index (χ0v) is 12.2. The molecule has 2 aromatic rings. The van der Waals surface area contributed by atoms with Crippen LogP contribution in [0, 0.1) is 0 Å². The molecule has 2 aromatic carbocycles. The van der Waals surface area contributed by atoms with Crippen LogP contribution in [0.5, 0.6) is 0 Å². The topological polar surface area (TPSA) is 69.7 Å². The summed E-state index contributed by atoms with van der Waals surface area (Å²) in [6.07, 6.45) is 0.843. The lowest BCUT2D eigenvalue weighted by Crippen LogP contribution is -2.17. The summed E-state index contributed by atoms with van der Waals surface area (Å²) in [5.41, 5.74) is -0.0515. The van der Waals surface area contributed by atoms with E-state index in [4.69, 9.17) is 0 Å². The molecule has 5 nitrogen and oxygen atoms in total. The molecule has 0 spiro atoms. The van der Waals surface area contributed by atoms with Crippen LogP contribution in [0.15, 0.2) is 54.1 Å². The Morgan fingerprint density at radius 1 is 0.909 bits per heavy atom. The Bertz CT molecular complexity index is 768. The van der Waals surface area contributed by atoms with Crippen LogP contribution in [-0.2, 0) is 19.1 Å². The molecule has 0 aliphatic rings. The van der Waals surface area contributed by atoms with Gasteiger partial charge in [0.25, 0.3) is 0 Å². The highest BCUT2D eigenvalue weighted by molar-refractivity contribution is 6.29. The minimum absolute atomic E-state index is 0.318. The number of methoxy groups -OCH3 is 2. The Kier molecular flexibility index (Phi) is 4.68. The maximum Gasteiger partial charge on any atom is 0.342 e. The number of carbonyl (C=O) groups excluding carboxylic acids is 3. The molecular formula is C17H14O5. The number of Topliss-reactive ketones (excluding diaryl/α,β-unsaturated/α-hetero) is 1. The second-order valence-corrected chi connectivity index (χ2v) is 4.43. The largest absolute Gasteiger partial charge is 0.466 e. The van der Waals surface area contributed by atoms with E-state index in [1.807, 2.05) is 18.2 Å². The molecule has 0 heterocycles. The fourth-order valence-corrected chi connectivity index (χ4v) is 2.07. The Balaban J connectivity index is 2.57. The molecule has 22 heavy (non-hydrogen) atoms. The lowest BCUT2D eigenvalue weighted by Gasteiger charge is -2.07. The van der Waals surface area contributed by atoms with Gasteiger partial charge in [-0.2, -0.15) is 0 Å². The van der Waals surface area contributed by atoms with Crippen molar-refractivity contribution in [1.82, 2.24) is 0 Å². The maximum atomic E-state index is 12.6. The molecule has 0 atom stereocenters. The molecular weight excluding hydrogens is 284 g/mol. The van der Waals surface area contributed by atoms with Gasteiger partial charge in [-0.05, 0) is 10.8 Å². The molecule has 0 saturated heterocycles. The number of hydrogen-bond acceptors (Lipinski definition) is 5. The van der Waals surface area contributed by atoms with E-state index in [2.05, 4.69) is 9.47 Å². The van der Waals surface area contributed by atoms with E-state index in [-0.39, 0.29) is 5.57 Å². The molecule has 0 aliphatic carbocycles. The summed E-state index contributed by atoms with van der Waals surface area (Å²) < 4.78 is 9.05. The summed E-state index contributed by atoms with van der Waals surface area (Å²) in [6.45, 7) is 0. The van der Waals surface area contributed by atoms with Gasteiger partial charge in [0, 0.05) is 11.6 Å². The van der Waals surface area contributed by atoms with Gasteiger partial charge in [0.2, 0.25) is 5.78 Å². The number of ether oxygens (including phenoxy) is 2. The van der Waals surface area contributed by atoms with Crippen LogP contribution in [0.25, 0.3) is 10.8 Å². The summed E-state index contributed by atoms with van der Waals surface area (Å²) in [4.78, 5) is 35.8. The summed E-state index contributed by atoms with van der Waals surface area (Å²) in [7, 11) is 2.31. The number of benzene rings is 2. The van der Waals surface area contributed by atoms with Crippen molar-refractivity contribution in [2.75, 3.05) is 14.2 Å². The molecule has 0 unspecified atom stereocenters. The first-order chi connectivity index (χ1) is 10.6. The monoisotopic (exact) mass is 298 g/mol. The first-order valence-electron chi connectivity index (χ1n) is 6.49. The minimum Gasteiger partial charge on any atom is -0.466 e. The Morgan fingerprint density at radius 3 is 2.27 bits per heavy atom. The average Bonchev–Trinajstić information content (AvgIpc) is 2.57. The van der Waals surface area contributed by atoms with Crippen molar-refractivity contribution in [3.8, 4) is 0 Å². The quantitative estimate of drug-likeness (QED) is 0.285. The highest BCUT2D eigenvalue weighted by atomic mass is 16.5. The third-order valence-electron chi connectivity index (χ3n) is 3.15. The summed E-state index contributed by atoms with van der Waals surface area (Å²) in [5.74, 6) is -2.27. The highest BCUT2D eigenvalue weighted by Gasteiger charge is 2.23. The van der Waals surface area contributed by atoms with Crippen LogP contribution in [0.2, 0.25) is 0 Å². The van der Waals surface area contributed by atoms with Crippen LogP contribution in [0.4, 0.5) is 0 Å². The van der Waals surface area contributed by atoms with Crippen LogP contribution < -0.4 is 0 Å². The number of rotatable bonds is 4. The van der Waals surface area contributed by atoms with E-state index < -0.39 is 17.7 Å². The molecule has 5 heteroatoms. The van der Waals surface area contributed by atoms with Crippen molar-refractivity contribution in [3.63, 3.8) is 0 Å². The second-order valence-electron chi connectivity index (χ2n) is 4.43. The lowest BCUT2D eigenvalue weighted by molar-refractivity contribution is -0.138. The molecule has 0 radical (unpaired) electrons. The molecule has 0 amide bonds. The molecule has 0 fully saturated rings. The fraction of sp³-hybridized carbons (Fsp3) is 0.118. The zero-order valence-electron chi connectivity index (χ0n) is 12.2. The van der Waals surface area contributed by atoms with E-state index >= 15 is 0 Å². The van der Waals surface area contributed by atoms with Gasteiger partial charge in [-0.3, -0.25) is 4.79 Å². The normalized spacial score (nSPS) is 11.1. The average molecular weight is 298 g/mol. The molecule has 0 aliphatic heterocycles. The molecule has 0 N–H and O–H groups in total. The molecule has 2 rings (SSSR count). The van der Waals surface area contributed by atoms with Crippen molar-refractivity contribution >= 4 is 28.5 Å². The van der Waals surface area contributed by atoms with E-state index in [1.54, 1.807) is 24.3 Å². The number of fused-ring (bicyclic) bond motifs is 1. The minimum atomic E-state index is -0.886. The van der Waals surface area contributed by atoms with Crippen LogP contribution >= 0.6 is 0 Å². The second kappa shape index (κ2) is 6.67. The Hall–Kier alpha value is -2.95. The van der Waals surface area contributed by atoms with Gasteiger partial charge in [-0.1, -0.05) is 42.5 Å². The predicted octanol–water partition coefficient (Wildman–Crippen LogP) is 2.29. The predicted molar refractivity (Wildman–Crippen MR) is 80.4 cm³/mol. The van der Waals surface area contributed by atoms with E-state index in [0.29, 0.717) is 10.9 Å². The standard InChI is InChI=1S/C17H14O5/c1-21-15(18)10-14(17(20)22-2)16(19)13-9-5-7-11-6-3-4-8-12(11)13/h3-10H,1-2H3/b14-10+. The van der Waals surface area contributed by atoms with Gasteiger partial charge in [-0.25, -0.2) is 9.59 Å². The number of carbonyl (C=O) groups is 3. The molecule has 0 saturated carbocycles. The number of esters is 2. The van der Waals surface area contributed by atoms with Crippen molar-refractivity contribution in [2.45, 2.75) is 0 Å². The van der Waals surface area contributed by atoms with Crippen molar-refractivity contribution in [1.29, 1.82) is 0 Å². The maximum absolute atomic E-state index is 12.6. The van der Waals surface area contributed by atoms with E-state index in [0.717, 1.165) is 25.7 Å². The number of hydrogen-bond donors (Lipinski definition) is 0. The van der Waals surface area contributed by atoms with Crippen LogP contribution in [0.1, 0.15) is 10.4 Å². The third-order valence-corrected chi connectivity index (χ3v) is 3.15. The van der Waals surface area contributed by atoms with Crippen molar-refractivity contribution in [3.05, 3.63) is 59.7 Å². The SMILES string of the molecule is COC(=O)/C=C(/C(=O)OC)C(=O)c1cccc2ccccc12. The number of ketones is 1. The van der Waals surface area contributed by atoms with Gasteiger partial charge in [0.1, 0.15) is 5.57 Å². The van der Waals surface area contributed by atoms with Gasteiger partial charge < -0.3 is 9.47 Å². The third kappa shape index (κ3) is 3.03. The zero-order chi connectivity index (χ0) is 16.1. The van der Waals surface area contributed by atoms with E-state index in [1.165, 1.54) is 0 Å². The molecule has 0 aromatic heterocycles. The molecule has 112 valence electrons. The van der Waals surface area contributed by atoms with Gasteiger partial charge >= 0.3 is 11.9 Å². The van der Waals surface area contributed by atoms with Crippen molar-refractivity contribution < 1.29 is 23.9 Å². The summed E-state index contributed by atoms with van der Waals surface area (Å²) in [5, 5.41) is 1.55. The van der Waals surface area contributed by atoms with Gasteiger partial charge in [-0.15, -0.1) is 0 Å². The summed E-state index contributed by atoms with van der Waals surface area (Å²) in [6, 6.07) is 12.4. The Labute approximate surface area is 127 Å². The fourth-order valence-electron chi connectivity index (χ4n) is 2.07. The van der Waals surface area contributed by atoms with Crippen molar-refractivity contribution in [2.24, 2.45) is 0 Å². The first kappa shape index (κ1) is 15.4. The van der Waals surface area contributed by atoms with Gasteiger partial charge in [0.05, 0.1) is 14.2 Å². The smallest absolute Gasteiger partial charge is 0.342 e. The summed E-state index contributed by atoms with van der Waals surface area (Å²) >= 11 is 0. The van der Waals surface area contributed by atoms with Gasteiger partial charge in [0.15, 0.2) is 0 Å². The highest BCUT2D eigenvalue weighted by Crippen LogP contribution is 2.21. The van der Waals surface area contributed by atoms with E-state index in [9.17, 15) is 14.4 Å². The lowest BCUT2D eigenvalue weighted by atomic mass is 9.97. The van der Waals surface area contributed by atoms with Crippen LogP contribution in [-0.4, -0.2) is 31.9 Å².